The first kappa shape index (κ1) is 10.3. The van der Waals surface area contributed by atoms with Crippen LogP contribution in [0.3, 0.4) is 0 Å². The summed E-state index contributed by atoms with van der Waals surface area (Å²) in [6, 6.07) is 3.94. The molecule has 0 unspecified atom stereocenters. The highest BCUT2D eigenvalue weighted by Gasteiger charge is 2.09. The third-order valence-electron chi connectivity index (χ3n) is 2.23. The van der Waals surface area contributed by atoms with E-state index in [2.05, 4.69) is 16.9 Å². The van der Waals surface area contributed by atoms with Crippen LogP contribution in [-0.4, -0.2) is 9.97 Å². The summed E-state index contributed by atoms with van der Waals surface area (Å²) in [6.07, 6.45) is 4.50. The Morgan fingerprint density at radius 3 is 2.60 bits per heavy atom. The molecule has 3 nitrogen and oxygen atoms in total. The number of hydrogen-bond donors (Lipinski definition) is 1. The molecule has 0 aliphatic heterocycles. The minimum atomic E-state index is 0.575. The molecule has 0 atom stereocenters. The summed E-state index contributed by atoms with van der Waals surface area (Å²) in [5.74, 6) is 0. The van der Waals surface area contributed by atoms with Gasteiger partial charge in [-0.3, -0.25) is 4.98 Å². The molecular formula is C11H13N3S. The van der Waals surface area contributed by atoms with Gasteiger partial charge in [-0.05, 0) is 18.6 Å². The van der Waals surface area contributed by atoms with Gasteiger partial charge < -0.3 is 5.73 Å². The molecule has 78 valence electrons. The predicted octanol–water partition coefficient (Wildman–Crippen LogP) is 2.23. The number of rotatable bonds is 3. The molecular weight excluding hydrogens is 206 g/mol. The number of nitrogens with zero attached hydrogens (tertiary/aromatic N) is 2. The molecule has 0 radical (unpaired) electrons. The van der Waals surface area contributed by atoms with Crippen molar-refractivity contribution >= 4 is 11.3 Å². The van der Waals surface area contributed by atoms with Crippen molar-refractivity contribution in [2.45, 2.75) is 19.9 Å². The molecule has 0 aromatic carbocycles. The molecule has 2 heterocycles. The second-order valence-corrected chi connectivity index (χ2v) is 4.27. The van der Waals surface area contributed by atoms with Gasteiger partial charge in [0.15, 0.2) is 0 Å². The summed E-state index contributed by atoms with van der Waals surface area (Å²) in [7, 11) is 0. The summed E-state index contributed by atoms with van der Waals surface area (Å²) in [6.45, 7) is 2.68. The van der Waals surface area contributed by atoms with E-state index in [1.54, 1.807) is 23.7 Å². The van der Waals surface area contributed by atoms with Crippen molar-refractivity contribution in [1.82, 2.24) is 9.97 Å². The molecule has 0 bridgehead atoms. The maximum atomic E-state index is 5.68. The zero-order valence-corrected chi connectivity index (χ0v) is 9.42. The average Bonchev–Trinajstić information content (AvgIpc) is 2.73. The molecule has 0 amide bonds. The number of aryl methyl sites for hydroxylation is 1. The van der Waals surface area contributed by atoms with Gasteiger partial charge in [-0.1, -0.05) is 6.92 Å². The topological polar surface area (TPSA) is 51.8 Å². The third-order valence-corrected chi connectivity index (χ3v) is 3.39. The summed E-state index contributed by atoms with van der Waals surface area (Å²) in [5, 5.41) is 1.04. The first-order chi connectivity index (χ1) is 7.35. The van der Waals surface area contributed by atoms with Crippen molar-refractivity contribution in [3.63, 3.8) is 0 Å². The molecule has 0 spiro atoms. The average molecular weight is 219 g/mol. The fraction of sp³-hybridized carbons (Fsp3) is 0.273. The molecule has 4 heteroatoms. The molecule has 0 saturated heterocycles. The van der Waals surface area contributed by atoms with Crippen LogP contribution < -0.4 is 5.73 Å². The number of pyridine rings is 1. The van der Waals surface area contributed by atoms with E-state index in [0.717, 1.165) is 22.7 Å². The lowest BCUT2D eigenvalue weighted by molar-refractivity contribution is 0.989. The molecule has 15 heavy (non-hydrogen) atoms. The lowest BCUT2D eigenvalue weighted by Gasteiger charge is -1.92. The lowest BCUT2D eigenvalue weighted by atomic mass is 10.2. The van der Waals surface area contributed by atoms with E-state index in [1.807, 2.05) is 12.1 Å². The van der Waals surface area contributed by atoms with Gasteiger partial charge in [0.2, 0.25) is 0 Å². The van der Waals surface area contributed by atoms with E-state index in [4.69, 9.17) is 5.73 Å². The first-order valence-electron chi connectivity index (χ1n) is 4.94. The Kier molecular flexibility index (Phi) is 3.08. The van der Waals surface area contributed by atoms with Crippen LogP contribution in [0.1, 0.15) is 17.5 Å². The van der Waals surface area contributed by atoms with Crippen molar-refractivity contribution in [2.75, 3.05) is 0 Å². The molecule has 2 rings (SSSR count). The van der Waals surface area contributed by atoms with Crippen LogP contribution >= 0.6 is 11.3 Å². The molecule has 0 fully saturated rings. The Balaban J connectivity index is 2.42. The standard InChI is InChI=1S/C11H13N3S/c1-2-9-10(7-12)15-11(14-9)8-3-5-13-6-4-8/h3-6H,2,7,12H2,1H3. The van der Waals surface area contributed by atoms with Gasteiger partial charge >= 0.3 is 0 Å². The van der Waals surface area contributed by atoms with Crippen LogP contribution in [0, 0.1) is 0 Å². The highest BCUT2D eigenvalue weighted by molar-refractivity contribution is 7.15. The minimum absolute atomic E-state index is 0.575. The largest absolute Gasteiger partial charge is 0.326 e. The first-order valence-corrected chi connectivity index (χ1v) is 5.75. The fourth-order valence-electron chi connectivity index (χ4n) is 1.44. The van der Waals surface area contributed by atoms with Gasteiger partial charge in [-0.2, -0.15) is 0 Å². The zero-order chi connectivity index (χ0) is 10.7. The highest BCUT2D eigenvalue weighted by atomic mass is 32.1. The number of nitrogens with two attached hydrogens (primary N) is 1. The Morgan fingerprint density at radius 1 is 1.33 bits per heavy atom. The molecule has 0 aliphatic rings. The molecule has 2 aromatic heterocycles. The monoisotopic (exact) mass is 219 g/mol. The van der Waals surface area contributed by atoms with Crippen LogP contribution in [0.2, 0.25) is 0 Å². The van der Waals surface area contributed by atoms with E-state index in [-0.39, 0.29) is 0 Å². The lowest BCUT2D eigenvalue weighted by Crippen LogP contribution is -1.96. The molecule has 0 aliphatic carbocycles. The zero-order valence-electron chi connectivity index (χ0n) is 8.60. The smallest absolute Gasteiger partial charge is 0.124 e. The normalized spacial score (nSPS) is 10.5. The Morgan fingerprint density at radius 2 is 2.07 bits per heavy atom. The molecule has 2 N–H and O–H groups in total. The van der Waals surface area contributed by atoms with Crippen LogP contribution in [0.15, 0.2) is 24.5 Å². The number of hydrogen-bond acceptors (Lipinski definition) is 4. The van der Waals surface area contributed by atoms with Crippen LogP contribution in [0.25, 0.3) is 10.6 Å². The van der Waals surface area contributed by atoms with Crippen molar-refractivity contribution in [2.24, 2.45) is 5.73 Å². The second-order valence-electron chi connectivity index (χ2n) is 3.18. The van der Waals surface area contributed by atoms with Crippen LogP contribution in [0.5, 0.6) is 0 Å². The van der Waals surface area contributed by atoms with E-state index in [1.165, 1.54) is 4.88 Å². The van der Waals surface area contributed by atoms with E-state index < -0.39 is 0 Å². The number of aromatic nitrogens is 2. The van der Waals surface area contributed by atoms with Crippen molar-refractivity contribution in [3.05, 3.63) is 35.1 Å². The maximum absolute atomic E-state index is 5.68. The summed E-state index contributed by atoms with van der Waals surface area (Å²) in [5.41, 5.74) is 7.91. The molecule has 0 saturated carbocycles. The van der Waals surface area contributed by atoms with Gasteiger partial charge in [-0.25, -0.2) is 4.98 Å². The van der Waals surface area contributed by atoms with Gasteiger partial charge in [0.25, 0.3) is 0 Å². The van der Waals surface area contributed by atoms with Gasteiger partial charge in [-0.15, -0.1) is 11.3 Å². The fourth-order valence-corrected chi connectivity index (χ4v) is 2.47. The quantitative estimate of drug-likeness (QED) is 0.861. The minimum Gasteiger partial charge on any atom is -0.326 e. The Bertz CT molecular complexity index is 415. The Labute approximate surface area is 93.0 Å². The predicted molar refractivity (Wildman–Crippen MR) is 62.6 cm³/mol. The van der Waals surface area contributed by atoms with Crippen LogP contribution in [0.4, 0.5) is 0 Å². The molecule has 2 aromatic rings. The van der Waals surface area contributed by atoms with Crippen molar-refractivity contribution < 1.29 is 0 Å². The van der Waals surface area contributed by atoms with Crippen LogP contribution in [-0.2, 0) is 13.0 Å². The second kappa shape index (κ2) is 4.51. The van der Waals surface area contributed by atoms with E-state index >= 15 is 0 Å². The van der Waals surface area contributed by atoms with Gasteiger partial charge in [0.1, 0.15) is 5.01 Å². The highest BCUT2D eigenvalue weighted by Crippen LogP contribution is 2.27. The summed E-state index contributed by atoms with van der Waals surface area (Å²) in [4.78, 5) is 9.76. The van der Waals surface area contributed by atoms with Crippen molar-refractivity contribution in [1.29, 1.82) is 0 Å². The maximum Gasteiger partial charge on any atom is 0.124 e. The third kappa shape index (κ3) is 2.06. The van der Waals surface area contributed by atoms with E-state index in [9.17, 15) is 0 Å². The van der Waals surface area contributed by atoms with Crippen molar-refractivity contribution in [3.8, 4) is 10.6 Å². The van der Waals surface area contributed by atoms with Gasteiger partial charge in [0, 0.05) is 29.4 Å². The summed E-state index contributed by atoms with van der Waals surface area (Å²) < 4.78 is 0. The van der Waals surface area contributed by atoms with Gasteiger partial charge in [0.05, 0.1) is 5.69 Å². The van der Waals surface area contributed by atoms with E-state index in [0.29, 0.717) is 6.54 Å². The number of thiazole rings is 1. The summed E-state index contributed by atoms with van der Waals surface area (Å²) >= 11 is 1.67. The SMILES string of the molecule is CCc1nc(-c2ccncc2)sc1CN. The Hall–Kier alpha value is -1.26.